The SMILES string of the molecule is CCc1ccc(OCC(=O)N(Cc2cccc(Cl)c2)[C@H](Cc2ccccc2)C(=O)NC)c(Br)c1. The highest BCUT2D eigenvalue weighted by Gasteiger charge is 2.30. The van der Waals surface area contributed by atoms with Gasteiger partial charge in [-0.2, -0.15) is 0 Å². The van der Waals surface area contributed by atoms with E-state index in [-0.39, 0.29) is 25.0 Å². The molecule has 0 saturated carbocycles. The number of benzene rings is 3. The summed E-state index contributed by atoms with van der Waals surface area (Å²) in [4.78, 5) is 28.0. The maximum absolute atomic E-state index is 13.5. The van der Waals surface area contributed by atoms with Crippen molar-refractivity contribution in [2.24, 2.45) is 0 Å². The lowest BCUT2D eigenvalue weighted by Gasteiger charge is -2.31. The van der Waals surface area contributed by atoms with Gasteiger partial charge >= 0.3 is 0 Å². The third-order valence-corrected chi connectivity index (χ3v) is 6.37. The molecule has 3 rings (SSSR count). The zero-order chi connectivity index (χ0) is 24.5. The van der Waals surface area contributed by atoms with Crippen LogP contribution in [0.1, 0.15) is 23.6 Å². The summed E-state index contributed by atoms with van der Waals surface area (Å²) >= 11 is 9.69. The highest BCUT2D eigenvalue weighted by atomic mass is 79.9. The molecule has 0 heterocycles. The molecular formula is C27H28BrClN2O3. The average molecular weight is 544 g/mol. The lowest BCUT2D eigenvalue weighted by Crippen LogP contribution is -2.51. The quantitative estimate of drug-likeness (QED) is 0.371. The van der Waals surface area contributed by atoms with Crippen LogP contribution in [0.4, 0.5) is 0 Å². The van der Waals surface area contributed by atoms with Crippen molar-refractivity contribution in [1.29, 1.82) is 0 Å². The summed E-state index contributed by atoms with van der Waals surface area (Å²) in [5, 5.41) is 3.28. The Balaban J connectivity index is 1.87. The van der Waals surface area contributed by atoms with Gasteiger partial charge in [0.2, 0.25) is 5.91 Å². The minimum absolute atomic E-state index is 0.201. The fraction of sp³-hybridized carbons (Fsp3) is 0.259. The number of carbonyl (C=O) groups is 2. The van der Waals surface area contributed by atoms with Crippen LogP contribution < -0.4 is 10.1 Å². The summed E-state index contributed by atoms with van der Waals surface area (Å²) in [6, 6.07) is 22.0. The van der Waals surface area contributed by atoms with Crippen molar-refractivity contribution in [3.8, 4) is 5.75 Å². The van der Waals surface area contributed by atoms with Gasteiger partial charge in [0, 0.05) is 25.0 Å². The van der Waals surface area contributed by atoms with Crippen LogP contribution in [0, 0.1) is 0 Å². The van der Waals surface area contributed by atoms with E-state index in [1.54, 1.807) is 24.1 Å². The van der Waals surface area contributed by atoms with Gasteiger partial charge in [0.05, 0.1) is 4.47 Å². The van der Waals surface area contributed by atoms with Crippen molar-refractivity contribution in [1.82, 2.24) is 10.2 Å². The molecule has 0 aliphatic carbocycles. The zero-order valence-electron chi connectivity index (χ0n) is 19.3. The summed E-state index contributed by atoms with van der Waals surface area (Å²) < 4.78 is 6.64. The Hall–Kier alpha value is -2.83. The molecule has 0 saturated heterocycles. The third-order valence-electron chi connectivity index (χ3n) is 5.52. The zero-order valence-corrected chi connectivity index (χ0v) is 21.6. The molecule has 0 fully saturated rings. The number of nitrogens with one attached hydrogen (secondary N) is 1. The van der Waals surface area contributed by atoms with Crippen molar-refractivity contribution in [3.05, 3.63) is 99.0 Å². The fourth-order valence-corrected chi connectivity index (χ4v) is 4.41. The molecule has 0 bridgehead atoms. The van der Waals surface area contributed by atoms with Crippen molar-refractivity contribution in [2.75, 3.05) is 13.7 Å². The highest BCUT2D eigenvalue weighted by molar-refractivity contribution is 9.10. The molecule has 34 heavy (non-hydrogen) atoms. The molecule has 0 aliphatic rings. The van der Waals surface area contributed by atoms with Crippen LogP contribution in [-0.4, -0.2) is 36.4 Å². The number of hydrogen-bond donors (Lipinski definition) is 1. The number of aryl methyl sites for hydroxylation is 1. The van der Waals surface area contributed by atoms with E-state index in [0.29, 0.717) is 17.2 Å². The molecule has 2 amide bonds. The Bertz CT molecular complexity index is 1120. The first-order chi connectivity index (χ1) is 16.4. The normalized spacial score (nSPS) is 11.5. The van der Waals surface area contributed by atoms with Gasteiger partial charge in [-0.15, -0.1) is 0 Å². The third kappa shape index (κ3) is 7.08. The number of likely N-dealkylation sites (N-methyl/N-ethyl adjacent to an activating group) is 1. The van der Waals surface area contributed by atoms with E-state index in [2.05, 4.69) is 28.2 Å². The van der Waals surface area contributed by atoms with Gasteiger partial charge in [-0.25, -0.2) is 0 Å². The Labute approximate surface area is 214 Å². The summed E-state index contributed by atoms with van der Waals surface area (Å²) in [5.74, 6) is 0.0384. The van der Waals surface area contributed by atoms with Crippen molar-refractivity contribution in [3.63, 3.8) is 0 Å². The molecule has 5 nitrogen and oxygen atoms in total. The first-order valence-corrected chi connectivity index (χ1v) is 12.3. The van der Waals surface area contributed by atoms with Crippen LogP contribution in [0.5, 0.6) is 5.75 Å². The van der Waals surface area contributed by atoms with Crippen LogP contribution in [0.3, 0.4) is 0 Å². The number of hydrogen-bond acceptors (Lipinski definition) is 3. The molecule has 178 valence electrons. The van der Waals surface area contributed by atoms with Gasteiger partial charge < -0.3 is 15.0 Å². The second-order valence-electron chi connectivity index (χ2n) is 7.88. The second-order valence-corrected chi connectivity index (χ2v) is 9.17. The lowest BCUT2D eigenvalue weighted by atomic mass is 10.0. The molecule has 7 heteroatoms. The van der Waals surface area contributed by atoms with E-state index in [4.69, 9.17) is 16.3 Å². The van der Waals surface area contributed by atoms with Gasteiger partial charge in [0.1, 0.15) is 11.8 Å². The second kappa shape index (κ2) is 12.6. The van der Waals surface area contributed by atoms with Crippen LogP contribution in [0.15, 0.2) is 77.3 Å². The first kappa shape index (κ1) is 25.8. The molecule has 1 atom stereocenters. The predicted octanol–water partition coefficient (Wildman–Crippen LogP) is 5.43. The largest absolute Gasteiger partial charge is 0.483 e. The van der Waals surface area contributed by atoms with E-state index < -0.39 is 6.04 Å². The average Bonchev–Trinajstić information content (AvgIpc) is 2.85. The minimum atomic E-state index is -0.714. The van der Waals surface area contributed by atoms with Crippen molar-refractivity contribution in [2.45, 2.75) is 32.4 Å². The number of halogens is 2. The van der Waals surface area contributed by atoms with E-state index in [1.807, 2.05) is 60.7 Å². The smallest absolute Gasteiger partial charge is 0.261 e. The van der Waals surface area contributed by atoms with Gasteiger partial charge in [0.15, 0.2) is 6.61 Å². The summed E-state index contributed by atoms with van der Waals surface area (Å²) in [7, 11) is 1.57. The molecule has 0 aliphatic heterocycles. The summed E-state index contributed by atoms with van der Waals surface area (Å²) in [6.45, 7) is 2.10. The topological polar surface area (TPSA) is 58.6 Å². The monoisotopic (exact) mass is 542 g/mol. The maximum Gasteiger partial charge on any atom is 0.261 e. The van der Waals surface area contributed by atoms with E-state index in [0.717, 1.165) is 27.6 Å². The maximum atomic E-state index is 13.5. The highest BCUT2D eigenvalue weighted by Crippen LogP contribution is 2.26. The van der Waals surface area contributed by atoms with E-state index in [1.165, 1.54) is 0 Å². The molecule has 3 aromatic rings. The molecule has 3 aromatic carbocycles. The molecule has 0 aromatic heterocycles. The number of amides is 2. The van der Waals surface area contributed by atoms with Gasteiger partial charge in [-0.1, -0.05) is 67.1 Å². The number of rotatable bonds is 10. The lowest BCUT2D eigenvalue weighted by molar-refractivity contribution is -0.142. The first-order valence-electron chi connectivity index (χ1n) is 11.1. The van der Waals surface area contributed by atoms with Crippen LogP contribution in [0.2, 0.25) is 5.02 Å². The Morgan fingerprint density at radius 3 is 2.38 bits per heavy atom. The Kier molecular flexibility index (Phi) is 9.54. The summed E-state index contributed by atoms with van der Waals surface area (Å²) in [6.07, 6.45) is 1.28. The number of ether oxygens (including phenoxy) is 1. The van der Waals surface area contributed by atoms with Crippen LogP contribution in [-0.2, 0) is 29.0 Å². The molecule has 0 radical (unpaired) electrons. The Morgan fingerprint density at radius 2 is 1.74 bits per heavy atom. The minimum Gasteiger partial charge on any atom is -0.483 e. The van der Waals surface area contributed by atoms with E-state index in [9.17, 15) is 9.59 Å². The van der Waals surface area contributed by atoms with Gasteiger partial charge in [0.25, 0.3) is 5.91 Å². The fourth-order valence-electron chi connectivity index (χ4n) is 3.66. The van der Waals surface area contributed by atoms with Crippen molar-refractivity contribution >= 4 is 39.3 Å². The Morgan fingerprint density at radius 1 is 1.00 bits per heavy atom. The van der Waals surface area contributed by atoms with Gasteiger partial charge in [-0.3, -0.25) is 9.59 Å². The molecule has 1 N–H and O–H groups in total. The predicted molar refractivity (Wildman–Crippen MR) is 139 cm³/mol. The van der Waals surface area contributed by atoms with Crippen LogP contribution >= 0.6 is 27.5 Å². The standard InChI is InChI=1S/C27H28BrClN2O3/c1-3-19-12-13-25(23(28)15-19)34-18-26(32)31(17-21-10-7-11-22(29)14-21)24(27(33)30-2)16-20-8-5-4-6-9-20/h4-15,24H,3,16-18H2,1-2H3,(H,30,33)/t24-/m1/s1. The van der Waals surface area contributed by atoms with Crippen molar-refractivity contribution < 1.29 is 14.3 Å². The van der Waals surface area contributed by atoms with E-state index >= 15 is 0 Å². The molecule has 0 spiro atoms. The summed E-state index contributed by atoms with van der Waals surface area (Å²) in [5.41, 5.74) is 2.95. The molecule has 0 unspecified atom stereocenters. The number of carbonyl (C=O) groups excluding carboxylic acids is 2. The number of nitrogens with zero attached hydrogens (tertiary/aromatic N) is 1. The van der Waals surface area contributed by atoms with Crippen LogP contribution in [0.25, 0.3) is 0 Å². The van der Waals surface area contributed by atoms with Gasteiger partial charge in [-0.05, 0) is 63.3 Å². The molecular weight excluding hydrogens is 516 g/mol.